The highest BCUT2D eigenvalue weighted by molar-refractivity contribution is 9.10. The zero-order valence-corrected chi connectivity index (χ0v) is 10.4. The molecule has 0 amide bonds. The summed E-state index contributed by atoms with van der Waals surface area (Å²) in [7, 11) is 2.11. The van der Waals surface area contributed by atoms with Crippen LogP contribution in [0.3, 0.4) is 0 Å². The van der Waals surface area contributed by atoms with Gasteiger partial charge in [0, 0.05) is 36.0 Å². The minimum absolute atomic E-state index is 0.279. The van der Waals surface area contributed by atoms with Gasteiger partial charge in [0.25, 0.3) is 0 Å². The SMILES string of the molecule is CN1C[C@@H](CO)[C@@H](c2cccc(Br)c2)C1. The van der Waals surface area contributed by atoms with Gasteiger partial charge in [-0.15, -0.1) is 0 Å². The molecule has 1 aliphatic rings. The molecule has 1 aliphatic heterocycles. The van der Waals surface area contributed by atoms with Crippen LogP contribution in [0.5, 0.6) is 0 Å². The highest BCUT2D eigenvalue weighted by Gasteiger charge is 2.31. The van der Waals surface area contributed by atoms with Crippen molar-refractivity contribution >= 4 is 15.9 Å². The molecule has 0 bridgehead atoms. The van der Waals surface area contributed by atoms with Crippen molar-refractivity contribution in [3.8, 4) is 0 Å². The first kappa shape index (κ1) is 11.1. The molecular formula is C12H16BrNO. The molecule has 1 heterocycles. The summed E-state index contributed by atoms with van der Waals surface area (Å²) in [4.78, 5) is 2.28. The summed E-state index contributed by atoms with van der Waals surface area (Å²) in [6.07, 6.45) is 0. The molecule has 2 atom stereocenters. The van der Waals surface area contributed by atoms with E-state index in [1.54, 1.807) is 0 Å². The molecule has 82 valence electrons. The number of hydrogen-bond donors (Lipinski definition) is 1. The Morgan fingerprint density at radius 2 is 2.27 bits per heavy atom. The molecule has 1 fully saturated rings. The van der Waals surface area contributed by atoms with Gasteiger partial charge < -0.3 is 10.0 Å². The van der Waals surface area contributed by atoms with E-state index < -0.39 is 0 Å². The number of halogens is 1. The number of aliphatic hydroxyl groups is 1. The third-order valence-electron chi connectivity index (χ3n) is 3.13. The predicted octanol–water partition coefficient (Wildman–Crippen LogP) is 2.09. The van der Waals surface area contributed by atoms with Crippen LogP contribution in [0.15, 0.2) is 28.7 Å². The molecule has 0 unspecified atom stereocenters. The highest BCUT2D eigenvalue weighted by Crippen LogP contribution is 2.32. The smallest absolute Gasteiger partial charge is 0.0477 e. The second kappa shape index (κ2) is 4.64. The molecule has 1 aromatic carbocycles. The van der Waals surface area contributed by atoms with Gasteiger partial charge in [0.15, 0.2) is 0 Å². The van der Waals surface area contributed by atoms with Crippen LogP contribution in [0, 0.1) is 5.92 Å². The van der Waals surface area contributed by atoms with Crippen molar-refractivity contribution in [1.29, 1.82) is 0 Å². The maximum atomic E-state index is 9.35. The molecule has 0 saturated carbocycles. The minimum Gasteiger partial charge on any atom is -0.396 e. The Bertz CT molecular complexity index is 342. The lowest BCUT2D eigenvalue weighted by atomic mass is 9.90. The molecule has 0 radical (unpaired) electrons. The number of aliphatic hydroxyl groups excluding tert-OH is 1. The van der Waals surface area contributed by atoms with E-state index in [1.807, 2.05) is 6.07 Å². The predicted molar refractivity (Wildman–Crippen MR) is 65.0 cm³/mol. The fraction of sp³-hybridized carbons (Fsp3) is 0.500. The zero-order chi connectivity index (χ0) is 10.8. The summed E-state index contributed by atoms with van der Waals surface area (Å²) >= 11 is 3.49. The Hall–Kier alpha value is -0.380. The van der Waals surface area contributed by atoms with Crippen LogP contribution in [0.1, 0.15) is 11.5 Å². The molecule has 3 heteroatoms. The maximum Gasteiger partial charge on any atom is 0.0477 e. The Morgan fingerprint density at radius 1 is 1.47 bits per heavy atom. The van der Waals surface area contributed by atoms with Gasteiger partial charge >= 0.3 is 0 Å². The fourth-order valence-electron chi connectivity index (χ4n) is 2.39. The summed E-state index contributed by atoms with van der Waals surface area (Å²) in [5.74, 6) is 0.849. The standard InChI is InChI=1S/C12H16BrNO/c1-14-6-10(8-15)12(7-14)9-3-2-4-11(13)5-9/h2-5,10,12,15H,6-8H2,1H3/t10-,12+/m0/s1. The summed E-state index contributed by atoms with van der Waals surface area (Å²) in [5, 5.41) is 9.35. The van der Waals surface area contributed by atoms with Gasteiger partial charge in [-0.25, -0.2) is 0 Å². The van der Waals surface area contributed by atoms with Crippen LogP contribution in [0.2, 0.25) is 0 Å². The zero-order valence-electron chi connectivity index (χ0n) is 8.86. The third-order valence-corrected chi connectivity index (χ3v) is 3.63. The lowest BCUT2D eigenvalue weighted by molar-refractivity contribution is 0.219. The molecule has 0 spiro atoms. The highest BCUT2D eigenvalue weighted by atomic mass is 79.9. The van der Waals surface area contributed by atoms with E-state index in [0.29, 0.717) is 11.8 Å². The first-order valence-electron chi connectivity index (χ1n) is 5.25. The first-order chi connectivity index (χ1) is 7.20. The van der Waals surface area contributed by atoms with E-state index in [0.717, 1.165) is 17.6 Å². The summed E-state index contributed by atoms with van der Waals surface area (Å²) in [6.45, 7) is 2.32. The molecule has 0 aromatic heterocycles. The van der Waals surface area contributed by atoms with Gasteiger partial charge in [-0.05, 0) is 24.7 Å². The number of nitrogens with zero attached hydrogens (tertiary/aromatic N) is 1. The first-order valence-corrected chi connectivity index (χ1v) is 6.05. The molecule has 0 aliphatic carbocycles. The second-order valence-electron chi connectivity index (χ2n) is 4.33. The quantitative estimate of drug-likeness (QED) is 0.889. The van der Waals surface area contributed by atoms with E-state index >= 15 is 0 Å². The van der Waals surface area contributed by atoms with Crippen molar-refractivity contribution in [1.82, 2.24) is 4.90 Å². The monoisotopic (exact) mass is 269 g/mol. The molecule has 2 nitrogen and oxygen atoms in total. The van der Waals surface area contributed by atoms with Gasteiger partial charge in [-0.2, -0.15) is 0 Å². The largest absolute Gasteiger partial charge is 0.396 e. The second-order valence-corrected chi connectivity index (χ2v) is 5.24. The van der Waals surface area contributed by atoms with Crippen molar-refractivity contribution in [2.75, 3.05) is 26.7 Å². The van der Waals surface area contributed by atoms with Gasteiger partial charge in [0.2, 0.25) is 0 Å². The molecule has 1 N–H and O–H groups in total. The van der Waals surface area contributed by atoms with Crippen LogP contribution in [-0.2, 0) is 0 Å². The average molecular weight is 270 g/mol. The van der Waals surface area contributed by atoms with Crippen molar-refractivity contribution in [2.24, 2.45) is 5.92 Å². The number of rotatable bonds is 2. The third kappa shape index (κ3) is 2.41. The topological polar surface area (TPSA) is 23.5 Å². The van der Waals surface area contributed by atoms with Crippen molar-refractivity contribution in [2.45, 2.75) is 5.92 Å². The fourth-order valence-corrected chi connectivity index (χ4v) is 2.80. The lowest BCUT2D eigenvalue weighted by Gasteiger charge is -2.16. The van der Waals surface area contributed by atoms with E-state index in [1.165, 1.54) is 5.56 Å². The van der Waals surface area contributed by atoms with Gasteiger partial charge in [-0.1, -0.05) is 28.1 Å². The van der Waals surface area contributed by atoms with Crippen LogP contribution in [0.25, 0.3) is 0 Å². The van der Waals surface area contributed by atoms with Gasteiger partial charge in [0.05, 0.1) is 0 Å². The Balaban J connectivity index is 2.22. The van der Waals surface area contributed by atoms with E-state index in [9.17, 15) is 5.11 Å². The Labute approximate surface area is 99.0 Å². The summed E-state index contributed by atoms with van der Waals surface area (Å²) in [6, 6.07) is 8.41. The number of benzene rings is 1. The van der Waals surface area contributed by atoms with Crippen LogP contribution < -0.4 is 0 Å². The molecule has 15 heavy (non-hydrogen) atoms. The van der Waals surface area contributed by atoms with Crippen LogP contribution >= 0.6 is 15.9 Å². The molecule has 1 saturated heterocycles. The normalized spacial score (nSPS) is 27.1. The lowest BCUT2D eigenvalue weighted by Crippen LogP contribution is -2.15. The van der Waals surface area contributed by atoms with Crippen molar-refractivity contribution in [3.05, 3.63) is 34.3 Å². The Kier molecular flexibility index (Phi) is 3.44. The maximum absolute atomic E-state index is 9.35. The number of hydrogen-bond acceptors (Lipinski definition) is 2. The molecule has 1 aromatic rings. The van der Waals surface area contributed by atoms with Crippen molar-refractivity contribution in [3.63, 3.8) is 0 Å². The van der Waals surface area contributed by atoms with Crippen LogP contribution in [0.4, 0.5) is 0 Å². The number of likely N-dealkylation sites (N-methyl/N-ethyl adjacent to an activating group) is 1. The number of likely N-dealkylation sites (tertiary alicyclic amines) is 1. The van der Waals surface area contributed by atoms with E-state index in [-0.39, 0.29) is 6.61 Å². The van der Waals surface area contributed by atoms with E-state index in [4.69, 9.17) is 0 Å². The van der Waals surface area contributed by atoms with Crippen LogP contribution in [-0.4, -0.2) is 36.8 Å². The summed E-state index contributed by atoms with van der Waals surface area (Å²) in [5.41, 5.74) is 1.33. The summed E-state index contributed by atoms with van der Waals surface area (Å²) < 4.78 is 1.12. The average Bonchev–Trinajstić information content (AvgIpc) is 2.59. The Morgan fingerprint density at radius 3 is 2.93 bits per heavy atom. The molecular weight excluding hydrogens is 254 g/mol. The molecule has 2 rings (SSSR count). The minimum atomic E-state index is 0.279. The van der Waals surface area contributed by atoms with Gasteiger partial charge in [-0.3, -0.25) is 0 Å². The van der Waals surface area contributed by atoms with Crippen molar-refractivity contribution < 1.29 is 5.11 Å². The van der Waals surface area contributed by atoms with E-state index in [2.05, 4.69) is 46.1 Å². The van der Waals surface area contributed by atoms with Gasteiger partial charge in [0.1, 0.15) is 0 Å².